The molecule has 0 spiro atoms. The molecule has 90 valence electrons. The lowest BCUT2D eigenvalue weighted by atomic mass is 10.1. The van der Waals surface area contributed by atoms with E-state index < -0.39 is 0 Å². The van der Waals surface area contributed by atoms with Crippen molar-refractivity contribution in [1.29, 1.82) is 0 Å². The smallest absolute Gasteiger partial charge is 0.154 e. The molecule has 0 aliphatic carbocycles. The van der Waals surface area contributed by atoms with E-state index in [1.807, 2.05) is 0 Å². The van der Waals surface area contributed by atoms with Gasteiger partial charge in [-0.3, -0.25) is 4.79 Å². The topological polar surface area (TPSA) is 73.8 Å². The van der Waals surface area contributed by atoms with Crippen LogP contribution in [0, 0.1) is 0 Å². The Balaban J connectivity index is 2.23. The Morgan fingerprint density at radius 1 is 1.44 bits per heavy atom. The van der Waals surface area contributed by atoms with Gasteiger partial charge in [-0.1, -0.05) is 31.4 Å². The molecule has 0 bridgehead atoms. The number of rotatable bonds is 8. The lowest BCUT2D eigenvalue weighted by Gasteiger charge is -2.00. The Bertz CT molecular complexity index is 322. The summed E-state index contributed by atoms with van der Waals surface area (Å²) in [5, 5.41) is 7.67. The molecule has 1 heterocycles. The Kier molecular flexibility index (Phi) is 5.71. The van der Waals surface area contributed by atoms with Gasteiger partial charge in [0.25, 0.3) is 0 Å². The first-order valence-electron chi connectivity index (χ1n) is 5.87. The van der Waals surface area contributed by atoms with Gasteiger partial charge >= 0.3 is 0 Å². The monoisotopic (exact) mass is 224 g/mol. The first-order chi connectivity index (χ1) is 7.76. The molecule has 5 heteroatoms. The number of Topliss-reactive ketones (excluding diaryl/α,β-unsaturated/α-hetero) is 1. The van der Waals surface area contributed by atoms with Crippen molar-refractivity contribution in [3.63, 3.8) is 0 Å². The number of aromatic nitrogens is 3. The average molecular weight is 224 g/mol. The third-order valence-corrected chi connectivity index (χ3v) is 2.44. The maximum atomic E-state index is 11.6. The Labute approximate surface area is 96.0 Å². The van der Waals surface area contributed by atoms with Gasteiger partial charge in [0, 0.05) is 13.0 Å². The third-order valence-electron chi connectivity index (χ3n) is 2.44. The zero-order chi connectivity index (χ0) is 11.8. The van der Waals surface area contributed by atoms with Crippen molar-refractivity contribution in [2.45, 2.75) is 52.1 Å². The summed E-state index contributed by atoms with van der Waals surface area (Å²) in [7, 11) is 0. The molecule has 0 unspecified atom stereocenters. The van der Waals surface area contributed by atoms with Gasteiger partial charge in [0.15, 0.2) is 5.78 Å². The van der Waals surface area contributed by atoms with Crippen LogP contribution in [0.15, 0.2) is 6.20 Å². The Hall–Kier alpha value is -1.23. The van der Waals surface area contributed by atoms with E-state index in [4.69, 9.17) is 5.73 Å². The summed E-state index contributed by atoms with van der Waals surface area (Å²) < 4.78 is 1.56. The molecule has 0 aliphatic heterocycles. The molecule has 0 fully saturated rings. The number of hydrogen-bond donors (Lipinski definition) is 1. The van der Waals surface area contributed by atoms with Crippen molar-refractivity contribution in [3.05, 3.63) is 11.9 Å². The molecule has 0 aromatic carbocycles. The molecule has 5 nitrogen and oxygen atoms in total. The predicted molar refractivity (Wildman–Crippen MR) is 61.7 cm³/mol. The largest absolute Gasteiger partial charge is 0.325 e. The fourth-order valence-electron chi connectivity index (χ4n) is 1.52. The van der Waals surface area contributed by atoms with Gasteiger partial charge in [-0.25, -0.2) is 4.68 Å². The van der Waals surface area contributed by atoms with E-state index in [-0.39, 0.29) is 5.78 Å². The highest BCUT2D eigenvalue weighted by atomic mass is 16.1. The second-order valence-corrected chi connectivity index (χ2v) is 3.96. The summed E-state index contributed by atoms with van der Waals surface area (Å²) in [6.45, 7) is 2.84. The summed E-state index contributed by atoms with van der Waals surface area (Å²) in [6, 6.07) is 0. The lowest BCUT2D eigenvalue weighted by molar-refractivity contribution is -0.119. The predicted octanol–water partition coefficient (Wildman–Crippen LogP) is 1.28. The van der Waals surface area contributed by atoms with E-state index in [0.29, 0.717) is 19.5 Å². The highest BCUT2D eigenvalue weighted by Crippen LogP contribution is 2.03. The van der Waals surface area contributed by atoms with Crippen molar-refractivity contribution >= 4 is 5.78 Å². The molecule has 0 saturated carbocycles. The lowest BCUT2D eigenvalue weighted by Crippen LogP contribution is -2.10. The minimum absolute atomic E-state index is 0.213. The van der Waals surface area contributed by atoms with Crippen molar-refractivity contribution in [2.75, 3.05) is 0 Å². The molecule has 0 amide bonds. The van der Waals surface area contributed by atoms with Crippen LogP contribution in [0.3, 0.4) is 0 Å². The van der Waals surface area contributed by atoms with Crippen LogP contribution in [-0.2, 0) is 17.9 Å². The quantitative estimate of drug-likeness (QED) is 0.675. The molecule has 0 aliphatic rings. The fraction of sp³-hybridized carbons (Fsp3) is 0.727. The van der Waals surface area contributed by atoms with E-state index in [1.54, 1.807) is 10.9 Å². The van der Waals surface area contributed by atoms with Crippen LogP contribution in [-0.4, -0.2) is 20.8 Å². The van der Waals surface area contributed by atoms with Gasteiger partial charge in [-0.15, -0.1) is 5.10 Å². The first kappa shape index (κ1) is 12.8. The zero-order valence-electron chi connectivity index (χ0n) is 9.85. The molecule has 0 atom stereocenters. The number of ketones is 1. The van der Waals surface area contributed by atoms with Crippen LogP contribution >= 0.6 is 0 Å². The first-order valence-corrected chi connectivity index (χ1v) is 5.87. The van der Waals surface area contributed by atoms with Crippen molar-refractivity contribution in [3.8, 4) is 0 Å². The molecular weight excluding hydrogens is 204 g/mol. The molecule has 16 heavy (non-hydrogen) atoms. The van der Waals surface area contributed by atoms with E-state index in [0.717, 1.165) is 18.5 Å². The Morgan fingerprint density at radius 3 is 2.88 bits per heavy atom. The number of unbranched alkanes of at least 4 members (excludes halogenated alkanes) is 3. The molecule has 1 aromatic heterocycles. The van der Waals surface area contributed by atoms with Gasteiger partial charge in [-0.2, -0.15) is 0 Å². The van der Waals surface area contributed by atoms with Crippen LogP contribution < -0.4 is 5.73 Å². The number of nitrogens with zero attached hydrogens (tertiary/aromatic N) is 3. The minimum Gasteiger partial charge on any atom is -0.325 e. The van der Waals surface area contributed by atoms with E-state index in [1.165, 1.54) is 12.8 Å². The highest BCUT2D eigenvalue weighted by molar-refractivity contribution is 5.77. The SMILES string of the molecule is CCCCCCC(=O)Cn1cc(CN)nn1. The average Bonchev–Trinajstić information content (AvgIpc) is 2.72. The second kappa shape index (κ2) is 7.11. The van der Waals surface area contributed by atoms with Crippen LogP contribution in [0.25, 0.3) is 0 Å². The molecule has 1 aromatic rings. The standard InChI is InChI=1S/C11H20N4O/c1-2-3-4-5-6-11(16)9-15-8-10(7-12)13-14-15/h8H,2-7,9,12H2,1H3. The normalized spacial score (nSPS) is 10.6. The van der Waals surface area contributed by atoms with Crippen molar-refractivity contribution in [1.82, 2.24) is 15.0 Å². The van der Waals surface area contributed by atoms with Crippen molar-refractivity contribution < 1.29 is 4.79 Å². The summed E-state index contributed by atoms with van der Waals surface area (Å²) >= 11 is 0. The summed E-state index contributed by atoms with van der Waals surface area (Å²) in [5.41, 5.74) is 6.13. The second-order valence-electron chi connectivity index (χ2n) is 3.96. The third kappa shape index (κ3) is 4.53. The number of carbonyl (C=O) groups is 1. The van der Waals surface area contributed by atoms with Crippen LogP contribution in [0.1, 0.15) is 44.7 Å². The van der Waals surface area contributed by atoms with Crippen molar-refractivity contribution in [2.24, 2.45) is 5.73 Å². The molecule has 1 rings (SSSR count). The Morgan fingerprint density at radius 2 is 2.25 bits per heavy atom. The van der Waals surface area contributed by atoms with E-state index in [9.17, 15) is 4.79 Å². The number of nitrogens with two attached hydrogens (primary N) is 1. The number of carbonyl (C=O) groups excluding carboxylic acids is 1. The fourth-order valence-corrected chi connectivity index (χ4v) is 1.52. The molecular formula is C11H20N4O. The summed E-state index contributed by atoms with van der Waals surface area (Å²) in [5.74, 6) is 0.213. The van der Waals surface area contributed by atoms with E-state index in [2.05, 4.69) is 17.2 Å². The van der Waals surface area contributed by atoms with Gasteiger partial charge < -0.3 is 5.73 Å². The van der Waals surface area contributed by atoms with Gasteiger partial charge in [0.1, 0.15) is 6.54 Å². The van der Waals surface area contributed by atoms with Gasteiger partial charge in [0.05, 0.1) is 11.9 Å². The molecule has 0 saturated heterocycles. The highest BCUT2D eigenvalue weighted by Gasteiger charge is 2.05. The van der Waals surface area contributed by atoms with Crippen LogP contribution in [0.2, 0.25) is 0 Å². The minimum atomic E-state index is 0.213. The molecule has 2 N–H and O–H groups in total. The van der Waals surface area contributed by atoms with Gasteiger partial charge in [0.2, 0.25) is 0 Å². The zero-order valence-corrected chi connectivity index (χ0v) is 9.85. The number of hydrogen-bond acceptors (Lipinski definition) is 4. The van der Waals surface area contributed by atoms with Crippen LogP contribution in [0.5, 0.6) is 0 Å². The summed E-state index contributed by atoms with van der Waals surface area (Å²) in [4.78, 5) is 11.6. The van der Waals surface area contributed by atoms with Crippen LogP contribution in [0.4, 0.5) is 0 Å². The van der Waals surface area contributed by atoms with Gasteiger partial charge in [-0.05, 0) is 6.42 Å². The van der Waals surface area contributed by atoms with E-state index >= 15 is 0 Å². The maximum Gasteiger partial charge on any atom is 0.154 e. The molecule has 0 radical (unpaired) electrons. The summed E-state index contributed by atoms with van der Waals surface area (Å²) in [6.07, 6.45) is 6.87. The maximum absolute atomic E-state index is 11.6.